The van der Waals surface area contributed by atoms with E-state index in [0.29, 0.717) is 13.1 Å². The van der Waals surface area contributed by atoms with Crippen LogP contribution in [0.4, 0.5) is 0 Å². The SMILES string of the molecule is COc1ccc(CN2Cc3c(C)cc(CNC4(C)CCC4)cc3C2=O)cc1. The maximum atomic E-state index is 13.0. The third-order valence-corrected chi connectivity index (χ3v) is 6.11. The summed E-state index contributed by atoms with van der Waals surface area (Å²) in [7, 11) is 1.66. The van der Waals surface area contributed by atoms with Gasteiger partial charge in [-0.15, -0.1) is 0 Å². The van der Waals surface area contributed by atoms with Gasteiger partial charge in [0.25, 0.3) is 5.91 Å². The Hall–Kier alpha value is -2.33. The lowest BCUT2D eigenvalue weighted by molar-refractivity contribution is 0.0766. The number of amides is 1. The van der Waals surface area contributed by atoms with Gasteiger partial charge in [-0.25, -0.2) is 0 Å². The van der Waals surface area contributed by atoms with E-state index in [-0.39, 0.29) is 11.4 Å². The number of rotatable bonds is 6. The Kier molecular flexibility index (Phi) is 4.68. The highest BCUT2D eigenvalue weighted by Gasteiger charge is 2.32. The molecule has 1 aliphatic heterocycles. The van der Waals surface area contributed by atoms with Crippen molar-refractivity contribution in [2.45, 2.75) is 58.3 Å². The van der Waals surface area contributed by atoms with E-state index in [1.54, 1.807) is 7.11 Å². The molecule has 1 aliphatic carbocycles. The van der Waals surface area contributed by atoms with E-state index in [1.165, 1.54) is 36.0 Å². The number of methoxy groups -OCH3 is 1. The predicted octanol–water partition coefficient (Wildman–Crippen LogP) is 4.19. The number of ether oxygens (including phenoxy) is 1. The first kappa shape index (κ1) is 18.1. The van der Waals surface area contributed by atoms with Crippen molar-refractivity contribution in [3.63, 3.8) is 0 Å². The Balaban J connectivity index is 1.48. The van der Waals surface area contributed by atoms with E-state index in [1.807, 2.05) is 29.2 Å². The summed E-state index contributed by atoms with van der Waals surface area (Å²) in [6.07, 6.45) is 3.79. The van der Waals surface area contributed by atoms with Crippen molar-refractivity contribution in [3.05, 3.63) is 64.2 Å². The first-order valence-corrected chi connectivity index (χ1v) is 9.77. The summed E-state index contributed by atoms with van der Waals surface area (Å²) < 4.78 is 5.21. The second-order valence-corrected chi connectivity index (χ2v) is 8.22. The Morgan fingerprint density at radius 3 is 2.52 bits per heavy atom. The molecule has 4 nitrogen and oxygen atoms in total. The van der Waals surface area contributed by atoms with Crippen LogP contribution in [0.15, 0.2) is 36.4 Å². The van der Waals surface area contributed by atoms with Crippen LogP contribution in [0.2, 0.25) is 0 Å². The summed E-state index contributed by atoms with van der Waals surface area (Å²) in [5.41, 5.74) is 5.87. The normalized spacial score (nSPS) is 17.6. The number of hydrogen-bond donors (Lipinski definition) is 1. The molecule has 142 valence electrons. The number of benzene rings is 2. The van der Waals surface area contributed by atoms with Gasteiger partial charge in [-0.3, -0.25) is 4.79 Å². The molecular weight excluding hydrogens is 336 g/mol. The molecule has 1 heterocycles. The lowest BCUT2D eigenvalue weighted by atomic mass is 9.78. The van der Waals surface area contributed by atoms with Gasteiger partial charge in [0.1, 0.15) is 5.75 Å². The van der Waals surface area contributed by atoms with Gasteiger partial charge in [0.2, 0.25) is 0 Å². The standard InChI is InChI=1S/C23H28N2O2/c1-16-11-18(13-24-23(2)9-4-10-23)12-20-21(16)15-25(22(20)26)14-17-5-7-19(27-3)8-6-17/h5-8,11-12,24H,4,9-10,13-15H2,1-3H3. The zero-order chi connectivity index (χ0) is 19.0. The van der Waals surface area contributed by atoms with E-state index in [2.05, 4.69) is 31.3 Å². The first-order chi connectivity index (χ1) is 13.0. The summed E-state index contributed by atoms with van der Waals surface area (Å²) in [6, 6.07) is 12.3. The van der Waals surface area contributed by atoms with E-state index in [9.17, 15) is 4.79 Å². The molecule has 4 heteroatoms. The second kappa shape index (κ2) is 7.01. The molecule has 2 aromatic rings. The van der Waals surface area contributed by atoms with Gasteiger partial charge < -0.3 is 15.0 Å². The minimum atomic E-state index is 0.139. The molecule has 0 radical (unpaired) electrons. The number of hydrogen-bond acceptors (Lipinski definition) is 3. The lowest BCUT2D eigenvalue weighted by Crippen LogP contribution is -2.47. The van der Waals surface area contributed by atoms with Gasteiger partial charge in [-0.1, -0.05) is 18.2 Å². The van der Waals surface area contributed by atoms with Crippen LogP contribution in [0, 0.1) is 6.92 Å². The van der Waals surface area contributed by atoms with Crippen molar-refractivity contribution < 1.29 is 9.53 Å². The number of aryl methyl sites for hydroxylation is 1. The summed E-state index contributed by atoms with van der Waals surface area (Å²) >= 11 is 0. The topological polar surface area (TPSA) is 41.6 Å². The number of nitrogens with one attached hydrogen (secondary N) is 1. The van der Waals surface area contributed by atoms with Gasteiger partial charge in [0, 0.05) is 30.7 Å². The van der Waals surface area contributed by atoms with E-state index >= 15 is 0 Å². The molecule has 0 bridgehead atoms. The Morgan fingerprint density at radius 2 is 1.89 bits per heavy atom. The predicted molar refractivity (Wildman–Crippen MR) is 107 cm³/mol. The van der Waals surface area contributed by atoms with Crippen molar-refractivity contribution in [2.75, 3.05) is 7.11 Å². The molecule has 1 saturated carbocycles. The highest BCUT2D eigenvalue weighted by Crippen LogP contribution is 2.32. The van der Waals surface area contributed by atoms with Crippen molar-refractivity contribution in [3.8, 4) is 5.75 Å². The fourth-order valence-corrected chi connectivity index (χ4v) is 4.11. The maximum absolute atomic E-state index is 13.0. The van der Waals surface area contributed by atoms with Crippen LogP contribution in [0.1, 0.15) is 58.8 Å². The molecule has 1 amide bonds. The first-order valence-electron chi connectivity index (χ1n) is 9.77. The smallest absolute Gasteiger partial charge is 0.254 e. The van der Waals surface area contributed by atoms with Gasteiger partial charge in [0.05, 0.1) is 7.11 Å². The molecule has 1 N–H and O–H groups in total. The summed E-state index contributed by atoms with van der Waals surface area (Å²) in [5, 5.41) is 3.67. The molecule has 0 aromatic heterocycles. The molecule has 0 atom stereocenters. The minimum absolute atomic E-state index is 0.139. The molecule has 0 unspecified atom stereocenters. The molecule has 2 aliphatic rings. The summed E-state index contributed by atoms with van der Waals surface area (Å²) in [6.45, 7) is 6.56. The molecule has 1 fully saturated rings. The molecule has 0 saturated heterocycles. The van der Waals surface area contributed by atoms with Gasteiger partial charge in [0.15, 0.2) is 0 Å². The largest absolute Gasteiger partial charge is 0.497 e. The maximum Gasteiger partial charge on any atom is 0.254 e. The van der Waals surface area contributed by atoms with Crippen LogP contribution in [-0.4, -0.2) is 23.5 Å². The third kappa shape index (κ3) is 3.59. The van der Waals surface area contributed by atoms with Crippen LogP contribution in [0.3, 0.4) is 0 Å². The average Bonchev–Trinajstić information content (AvgIpc) is 2.96. The summed E-state index contributed by atoms with van der Waals surface area (Å²) in [5.74, 6) is 0.976. The van der Waals surface area contributed by atoms with Crippen LogP contribution >= 0.6 is 0 Å². The van der Waals surface area contributed by atoms with Gasteiger partial charge in [-0.05, 0) is 73.6 Å². The van der Waals surface area contributed by atoms with Crippen molar-refractivity contribution in [1.29, 1.82) is 0 Å². The third-order valence-electron chi connectivity index (χ3n) is 6.11. The molecule has 27 heavy (non-hydrogen) atoms. The average molecular weight is 364 g/mol. The van der Waals surface area contributed by atoms with Crippen LogP contribution < -0.4 is 10.1 Å². The quantitative estimate of drug-likeness (QED) is 0.836. The number of carbonyl (C=O) groups is 1. The minimum Gasteiger partial charge on any atom is -0.497 e. The van der Waals surface area contributed by atoms with E-state index in [4.69, 9.17) is 4.74 Å². The van der Waals surface area contributed by atoms with Crippen LogP contribution in [-0.2, 0) is 19.6 Å². The highest BCUT2D eigenvalue weighted by molar-refractivity contribution is 5.99. The van der Waals surface area contributed by atoms with Crippen LogP contribution in [0.5, 0.6) is 5.75 Å². The molecule has 0 spiro atoms. The highest BCUT2D eigenvalue weighted by atomic mass is 16.5. The number of carbonyl (C=O) groups excluding carboxylic acids is 1. The Bertz CT molecular complexity index is 853. The van der Waals surface area contributed by atoms with Gasteiger partial charge >= 0.3 is 0 Å². The van der Waals surface area contributed by atoms with Crippen molar-refractivity contribution in [1.82, 2.24) is 10.2 Å². The molecule has 2 aromatic carbocycles. The Labute approximate surface area is 161 Å². The van der Waals surface area contributed by atoms with Crippen LogP contribution in [0.25, 0.3) is 0 Å². The summed E-state index contributed by atoms with van der Waals surface area (Å²) in [4.78, 5) is 14.9. The monoisotopic (exact) mass is 364 g/mol. The second-order valence-electron chi connectivity index (χ2n) is 8.22. The fourth-order valence-electron chi connectivity index (χ4n) is 4.11. The lowest BCUT2D eigenvalue weighted by Gasteiger charge is -2.39. The van der Waals surface area contributed by atoms with Crippen molar-refractivity contribution in [2.24, 2.45) is 0 Å². The molecule has 4 rings (SSSR count). The zero-order valence-electron chi connectivity index (χ0n) is 16.5. The molecular formula is C23H28N2O2. The number of nitrogens with zero attached hydrogens (tertiary/aromatic N) is 1. The Morgan fingerprint density at radius 1 is 1.15 bits per heavy atom. The van der Waals surface area contributed by atoms with Gasteiger partial charge in [-0.2, -0.15) is 0 Å². The zero-order valence-corrected chi connectivity index (χ0v) is 16.5. The fraction of sp³-hybridized carbons (Fsp3) is 0.435. The number of fused-ring (bicyclic) bond motifs is 1. The van der Waals surface area contributed by atoms with E-state index in [0.717, 1.165) is 23.4 Å². The van der Waals surface area contributed by atoms with E-state index < -0.39 is 0 Å². The van der Waals surface area contributed by atoms with Crippen molar-refractivity contribution >= 4 is 5.91 Å².